The molecule has 120 valence electrons. The molecule has 0 aliphatic rings. The number of imide groups is 1. The van der Waals surface area contributed by atoms with Gasteiger partial charge in [-0.1, -0.05) is 34.8 Å². The summed E-state index contributed by atoms with van der Waals surface area (Å²) < 4.78 is 4.87. The van der Waals surface area contributed by atoms with E-state index >= 15 is 0 Å². The average molecular weight is 369 g/mol. The van der Waals surface area contributed by atoms with E-state index in [1.165, 1.54) is 6.92 Å². The fourth-order valence-electron chi connectivity index (χ4n) is 1.27. The normalized spacial score (nSPS) is 11.5. The number of pyridine rings is 1. The Morgan fingerprint density at radius 2 is 1.91 bits per heavy atom. The molecule has 2 N–H and O–H groups in total. The lowest BCUT2D eigenvalue weighted by Crippen LogP contribution is -2.44. The summed E-state index contributed by atoms with van der Waals surface area (Å²) in [5.74, 6) is -1.77. The maximum Gasteiger partial charge on any atom is 0.359 e. The molecule has 0 radical (unpaired) electrons. The van der Waals surface area contributed by atoms with Gasteiger partial charge in [0.2, 0.25) is 0 Å². The molecule has 0 saturated carbocycles. The second kappa shape index (κ2) is 8.17. The molecule has 22 heavy (non-hydrogen) atoms. The summed E-state index contributed by atoms with van der Waals surface area (Å²) >= 11 is 17.3. The van der Waals surface area contributed by atoms with Crippen LogP contribution in [0.1, 0.15) is 24.3 Å². The first kappa shape index (κ1) is 18.5. The number of carbonyl (C=O) groups excluding carboxylic acids is 3. The van der Waals surface area contributed by atoms with Crippen molar-refractivity contribution < 1.29 is 19.1 Å². The third-order valence-electron chi connectivity index (χ3n) is 2.34. The second-order valence-electron chi connectivity index (χ2n) is 3.98. The smallest absolute Gasteiger partial charge is 0.359 e. The zero-order valence-electron chi connectivity index (χ0n) is 11.6. The minimum absolute atomic E-state index is 0.0512. The Morgan fingerprint density at radius 1 is 1.27 bits per heavy atom. The van der Waals surface area contributed by atoms with Gasteiger partial charge in [0.1, 0.15) is 0 Å². The Hall–Kier alpha value is -1.57. The van der Waals surface area contributed by atoms with Gasteiger partial charge in [-0.2, -0.15) is 0 Å². The Morgan fingerprint density at radius 3 is 2.50 bits per heavy atom. The number of carbonyl (C=O) groups is 3. The van der Waals surface area contributed by atoms with E-state index in [-0.39, 0.29) is 20.8 Å². The molecule has 1 rings (SSSR count). The first-order chi connectivity index (χ1) is 10.3. The zero-order valence-corrected chi connectivity index (χ0v) is 13.8. The summed E-state index contributed by atoms with van der Waals surface area (Å²) in [6, 6.07) is -0.693. The van der Waals surface area contributed by atoms with Crippen LogP contribution in [0.2, 0.25) is 15.1 Å². The van der Waals surface area contributed by atoms with Gasteiger partial charge in [0.25, 0.3) is 5.91 Å². The van der Waals surface area contributed by atoms with Crippen molar-refractivity contribution in [3.8, 4) is 0 Å². The van der Waals surface area contributed by atoms with E-state index in [2.05, 4.69) is 10.3 Å². The van der Waals surface area contributed by atoms with E-state index in [9.17, 15) is 14.4 Å². The molecule has 0 bridgehead atoms. The molecule has 3 amide bonds. The van der Waals surface area contributed by atoms with E-state index in [4.69, 9.17) is 39.5 Å². The fourth-order valence-corrected chi connectivity index (χ4v) is 1.83. The van der Waals surface area contributed by atoms with Crippen molar-refractivity contribution in [1.82, 2.24) is 15.6 Å². The van der Waals surface area contributed by atoms with Crippen LogP contribution in [0.4, 0.5) is 4.79 Å². The highest BCUT2D eigenvalue weighted by Gasteiger charge is 2.24. The molecule has 10 heteroatoms. The molecule has 1 atom stereocenters. The Labute approximate surface area is 141 Å². The van der Waals surface area contributed by atoms with Gasteiger partial charge in [0.15, 0.2) is 11.8 Å². The first-order valence-electron chi connectivity index (χ1n) is 6.07. The molecular formula is C12H12Cl3N3O4. The predicted molar refractivity (Wildman–Crippen MR) is 81.4 cm³/mol. The van der Waals surface area contributed by atoms with Crippen molar-refractivity contribution in [2.45, 2.75) is 20.0 Å². The van der Waals surface area contributed by atoms with Crippen LogP contribution in [0.25, 0.3) is 0 Å². The number of hydrogen-bond acceptors (Lipinski definition) is 5. The summed E-state index contributed by atoms with van der Waals surface area (Å²) in [7, 11) is 0. The number of amides is 3. The Balaban J connectivity index is 2.74. The van der Waals surface area contributed by atoms with Crippen molar-refractivity contribution in [3.63, 3.8) is 0 Å². The number of nitrogens with zero attached hydrogens (tertiary/aromatic N) is 1. The quantitative estimate of drug-likeness (QED) is 0.796. The van der Waals surface area contributed by atoms with Crippen LogP contribution in [-0.2, 0) is 9.53 Å². The summed E-state index contributed by atoms with van der Waals surface area (Å²) in [6.07, 6.45) is -0.103. The van der Waals surface area contributed by atoms with Crippen LogP contribution in [0.5, 0.6) is 0 Å². The van der Waals surface area contributed by atoms with Crippen LogP contribution in [-0.4, -0.2) is 35.5 Å². The lowest BCUT2D eigenvalue weighted by molar-refractivity contribution is -0.127. The van der Waals surface area contributed by atoms with Crippen molar-refractivity contribution in [2.24, 2.45) is 0 Å². The minimum Gasteiger partial charge on any atom is -0.448 e. The molecule has 0 aromatic carbocycles. The second-order valence-corrected chi connectivity index (χ2v) is 5.14. The topological polar surface area (TPSA) is 97.4 Å². The van der Waals surface area contributed by atoms with Crippen LogP contribution in [0, 0.1) is 0 Å². The molecule has 0 saturated heterocycles. The third kappa shape index (κ3) is 4.72. The summed E-state index contributed by atoms with van der Waals surface area (Å²) in [4.78, 5) is 38.5. The predicted octanol–water partition coefficient (Wildman–Crippen LogP) is 2.43. The van der Waals surface area contributed by atoms with E-state index in [1.807, 2.05) is 5.32 Å². The molecular weight excluding hydrogens is 357 g/mol. The maximum absolute atomic E-state index is 11.9. The Bertz CT molecular complexity index is 610. The number of halogens is 3. The van der Waals surface area contributed by atoms with Crippen LogP contribution >= 0.6 is 34.8 Å². The highest BCUT2D eigenvalue weighted by molar-refractivity contribution is 6.48. The standard InChI is InChI=1S/C12H12Cl3N3O4/c1-3-16-12(21)18-10(19)5(2)22-11(20)9-8(15)7(14)6(13)4-17-9/h4-5H,3H2,1-2H3,(H2,16,18,19,21). The van der Waals surface area contributed by atoms with Crippen molar-refractivity contribution in [3.05, 3.63) is 27.0 Å². The highest BCUT2D eigenvalue weighted by Crippen LogP contribution is 2.31. The van der Waals surface area contributed by atoms with Crippen LogP contribution < -0.4 is 10.6 Å². The molecule has 0 fully saturated rings. The average Bonchev–Trinajstić information content (AvgIpc) is 2.44. The molecule has 0 aliphatic heterocycles. The lowest BCUT2D eigenvalue weighted by atomic mass is 10.3. The molecule has 0 spiro atoms. The SMILES string of the molecule is CCNC(=O)NC(=O)C(C)OC(=O)c1ncc(Cl)c(Cl)c1Cl. The molecule has 1 heterocycles. The number of ether oxygens (including phenoxy) is 1. The molecule has 0 aliphatic carbocycles. The maximum atomic E-state index is 11.9. The van der Waals surface area contributed by atoms with Gasteiger partial charge < -0.3 is 10.1 Å². The van der Waals surface area contributed by atoms with Crippen molar-refractivity contribution in [1.29, 1.82) is 0 Å². The van der Waals surface area contributed by atoms with E-state index < -0.39 is 24.0 Å². The first-order valence-corrected chi connectivity index (χ1v) is 7.20. The van der Waals surface area contributed by atoms with Crippen LogP contribution in [0.3, 0.4) is 0 Å². The van der Waals surface area contributed by atoms with Gasteiger partial charge in [-0.05, 0) is 13.8 Å². The number of urea groups is 1. The van der Waals surface area contributed by atoms with Gasteiger partial charge in [0, 0.05) is 12.7 Å². The summed E-state index contributed by atoms with van der Waals surface area (Å²) in [5, 5.41) is 4.21. The number of aromatic nitrogens is 1. The zero-order chi connectivity index (χ0) is 16.9. The van der Waals surface area contributed by atoms with Gasteiger partial charge >= 0.3 is 12.0 Å². The number of esters is 1. The fraction of sp³-hybridized carbons (Fsp3) is 0.333. The molecule has 1 unspecified atom stereocenters. The highest BCUT2D eigenvalue weighted by atomic mass is 35.5. The van der Waals surface area contributed by atoms with E-state index in [1.54, 1.807) is 6.92 Å². The molecule has 1 aromatic heterocycles. The molecule has 7 nitrogen and oxygen atoms in total. The van der Waals surface area contributed by atoms with E-state index in [0.29, 0.717) is 6.54 Å². The monoisotopic (exact) mass is 367 g/mol. The Kier molecular flexibility index (Phi) is 6.86. The number of rotatable bonds is 4. The van der Waals surface area contributed by atoms with Crippen molar-refractivity contribution in [2.75, 3.05) is 6.54 Å². The van der Waals surface area contributed by atoms with Gasteiger partial charge in [-0.3, -0.25) is 10.1 Å². The number of nitrogens with one attached hydrogen (secondary N) is 2. The van der Waals surface area contributed by atoms with E-state index in [0.717, 1.165) is 6.20 Å². The van der Waals surface area contributed by atoms with Crippen molar-refractivity contribution >= 4 is 52.7 Å². The lowest BCUT2D eigenvalue weighted by Gasteiger charge is -2.13. The molecule has 1 aromatic rings. The largest absolute Gasteiger partial charge is 0.448 e. The number of hydrogen-bond donors (Lipinski definition) is 2. The van der Waals surface area contributed by atoms with Gasteiger partial charge in [0.05, 0.1) is 15.1 Å². The minimum atomic E-state index is -1.23. The van der Waals surface area contributed by atoms with Gasteiger partial charge in [-0.25, -0.2) is 14.6 Å². The summed E-state index contributed by atoms with van der Waals surface area (Å²) in [6.45, 7) is 3.32. The third-order valence-corrected chi connectivity index (χ3v) is 3.58. The summed E-state index contributed by atoms with van der Waals surface area (Å²) in [5.41, 5.74) is -0.284. The van der Waals surface area contributed by atoms with Crippen LogP contribution in [0.15, 0.2) is 6.20 Å². The van der Waals surface area contributed by atoms with Gasteiger partial charge in [-0.15, -0.1) is 0 Å².